The van der Waals surface area contributed by atoms with Gasteiger partial charge in [0, 0.05) is 25.4 Å². The average molecular weight is 385 g/mol. The Morgan fingerprint density at radius 2 is 2.08 bits per heavy atom. The monoisotopic (exact) mass is 384 g/mol. The molecule has 2 unspecified atom stereocenters. The summed E-state index contributed by atoms with van der Waals surface area (Å²) in [6.45, 7) is 0.606. The molecule has 138 valence electrons. The van der Waals surface area contributed by atoms with Crippen molar-refractivity contribution in [2.45, 2.75) is 57.6 Å². The maximum atomic E-state index is 12.4. The van der Waals surface area contributed by atoms with Crippen LogP contribution < -0.4 is 0 Å². The van der Waals surface area contributed by atoms with Crippen molar-refractivity contribution in [2.75, 3.05) is 12.3 Å². The predicted molar refractivity (Wildman–Crippen MR) is 98.1 cm³/mol. The Morgan fingerprint density at radius 1 is 1.20 bits per heavy atom. The lowest BCUT2D eigenvalue weighted by atomic mass is 9.66. The van der Waals surface area contributed by atoms with Gasteiger partial charge in [-0.15, -0.1) is 12.4 Å². The zero-order chi connectivity index (χ0) is 16.4. The van der Waals surface area contributed by atoms with E-state index >= 15 is 0 Å². The molecule has 0 amide bonds. The van der Waals surface area contributed by atoms with Gasteiger partial charge in [-0.2, -0.15) is 4.31 Å². The molecule has 0 radical (unpaired) electrons. The topological polar surface area (TPSA) is 49.9 Å². The second-order valence-corrected chi connectivity index (χ2v) is 9.65. The van der Waals surface area contributed by atoms with E-state index < -0.39 is 10.0 Å². The van der Waals surface area contributed by atoms with Crippen molar-refractivity contribution in [1.82, 2.24) is 9.21 Å². The van der Waals surface area contributed by atoms with Gasteiger partial charge in [-0.3, -0.25) is 0 Å². The van der Waals surface area contributed by atoms with Crippen LogP contribution in [0.5, 0.6) is 0 Å². The van der Waals surface area contributed by atoms with Crippen molar-refractivity contribution in [1.29, 1.82) is 0 Å². The van der Waals surface area contributed by atoms with E-state index in [9.17, 15) is 8.42 Å². The Bertz CT molecular complexity index is 773. The lowest BCUT2D eigenvalue weighted by Crippen LogP contribution is -2.37. The van der Waals surface area contributed by atoms with E-state index in [4.69, 9.17) is 4.74 Å². The molecule has 5 nitrogen and oxygen atoms in total. The fraction of sp³-hybridized carbons (Fsp3) is 0.667. The minimum Gasteiger partial charge on any atom is -0.476 e. The van der Waals surface area contributed by atoms with E-state index in [0.29, 0.717) is 6.54 Å². The van der Waals surface area contributed by atoms with E-state index in [1.165, 1.54) is 24.1 Å². The SMILES string of the molecule is Cl.O=S1(=O)CCCN1C1CC23CCCCC2=CN2C=CCCC2=C3O1. The number of fused-ring (bicyclic) bond motifs is 1. The summed E-state index contributed by atoms with van der Waals surface area (Å²) in [5.41, 5.74) is 2.65. The molecule has 4 aliphatic heterocycles. The highest BCUT2D eigenvalue weighted by atomic mass is 35.5. The molecule has 0 N–H and O–H groups in total. The van der Waals surface area contributed by atoms with Gasteiger partial charge in [0.1, 0.15) is 5.76 Å². The number of ether oxygens (including phenoxy) is 1. The molecule has 25 heavy (non-hydrogen) atoms. The summed E-state index contributed by atoms with van der Waals surface area (Å²) in [6.07, 6.45) is 14.5. The van der Waals surface area contributed by atoms with Crippen molar-refractivity contribution >= 4 is 22.4 Å². The molecule has 1 saturated carbocycles. The molecular formula is C18H25ClN2O3S. The van der Waals surface area contributed by atoms with E-state index in [1.807, 2.05) is 0 Å². The van der Waals surface area contributed by atoms with Crippen molar-refractivity contribution in [3.05, 3.63) is 35.5 Å². The van der Waals surface area contributed by atoms with Gasteiger partial charge in [0.25, 0.3) is 0 Å². The summed E-state index contributed by atoms with van der Waals surface area (Å²) in [4.78, 5) is 2.22. The lowest BCUT2D eigenvalue weighted by molar-refractivity contribution is 0.0622. The number of rotatable bonds is 1. The number of halogens is 1. The van der Waals surface area contributed by atoms with Gasteiger partial charge in [-0.05, 0) is 44.1 Å². The van der Waals surface area contributed by atoms with Crippen LogP contribution in [0.2, 0.25) is 0 Å². The maximum absolute atomic E-state index is 12.4. The third-order valence-electron chi connectivity index (χ3n) is 6.27. The summed E-state index contributed by atoms with van der Waals surface area (Å²) in [5.74, 6) is 1.35. The molecule has 1 aliphatic carbocycles. The number of sulfonamides is 1. The summed E-state index contributed by atoms with van der Waals surface area (Å²) in [6, 6.07) is 0. The Labute approximate surface area is 155 Å². The zero-order valence-electron chi connectivity index (χ0n) is 14.3. The summed E-state index contributed by atoms with van der Waals surface area (Å²) in [5, 5.41) is 0. The van der Waals surface area contributed by atoms with Gasteiger partial charge in [-0.1, -0.05) is 12.5 Å². The quantitative estimate of drug-likeness (QED) is 0.694. The molecule has 7 heteroatoms. The molecule has 3 fully saturated rings. The lowest BCUT2D eigenvalue weighted by Gasteiger charge is -2.42. The van der Waals surface area contributed by atoms with E-state index in [0.717, 1.165) is 44.3 Å². The van der Waals surface area contributed by atoms with Crippen molar-refractivity contribution < 1.29 is 13.2 Å². The number of hydrogen-bond acceptors (Lipinski definition) is 4. The highest BCUT2D eigenvalue weighted by Gasteiger charge is 2.55. The first-order valence-electron chi connectivity index (χ1n) is 9.16. The van der Waals surface area contributed by atoms with Gasteiger partial charge in [0.15, 0.2) is 6.23 Å². The highest BCUT2D eigenvalue weighted by Crippen LogP contribution is 2.59. The second kappa shape index (κ2) is 6.03. The van der Waals surface area contributed by atoms with Gasteiger partial charge in [-0.25, -0.2) is 8.42 Å². The molecule has 0 bridgehead atoms. The average Bonchev–Trinajstić information content (AvgIpc) is 3.12. The van der Waals surface area contributed by atoms with Crippen LogP contribution in [0.1, 0.15) is 51.4 Å². The molecular weight excluding hydrogens is 360 g/mol. The first-order chi connectivity index (χ1) is 11.6. The molecule has 5 rings (SSSR count). The molecule has 4 heterocycles. The molecule has 5 aliphatic rings. The van der Waals surface area contributed by atoms with Gasteiger partial charge in [0.2, 0.25) is 10.0 Å². The summed E-state index contributed by atoms with van der Waals surface area (Å²) < 4.78 is 32.8. The third-order valence-corrected chi connectivity index (χ3v) is 8.20. The van der Waals surface area contributed by atoms with Crippen LogP contribution >= 0.6 is 12.4 Å². The molecule has 2 saturated heterocycles. The Hall–Kier alpha value is -0.980. The van der Waals surface area contributed by atoms with Crippen LogP contribution in [0.4, 0.5) is 0 Å². The highest BCUT2D eigenvalue weighted by molar-refractivity contribution is 7.89. The summed E-state index contributed by atoms with van der Waals surface area (Å²) >= 11 is 0. The van der Waals surface area contributed by atoms with Crippen LogP contribution in [-0.2, 0) is 14.8 Å². The van der Waals surface area contributed by atoms with Gasteiger partial charge < -0.3 is 9.64 Å². The Balaban J connectivity index is 0.00000157. The van der Waals surface area contributed by atoms with Crippen LogP contribution in [0.25, 0.3) is 0 Å². The fourth-order valence-corrected chi connectivity index (χ4v) is 6.75. The largest absolute Gasteiger partial charge is 0.476 e. The Morgan fingerprint density at radius 3 is 2.88 bits per heavy atom. The van der Waals surface area contributed by atoms with Crippen LogP contribution in [-0.4, -0.2) is 36.1 Å². The van der Waals surface area contributed by atoms with E-state index in [1.54, 1.807) is 4.31 Å². The van der Waals surface area contributed by atoms with E-state index in [2.05, 4.69) is 23.4 Å². The minimum atomic E-state index is -3.15. The van der Waals surface area contributed by atoms with Crippen molar-refractivity contribution in [3.63, 3.8) is 0 Å². The molecule has 0 aromatic heterocycles. The van der Waals surface area contributed by atoms with Gasteiger partial charge in [0.05, 0.1) is 16.9 Å². The third kappa shape index (κ3) is 2.48. The zero-order valence-corrected chi connectivity index (χ0v) is 15.9. The number of hydrogen-bond donors (Lipinski definition) is 0. The molecule has 0 aromatic carbocycles. The van der Waals surface area contributed by atoms with Crippen molar-refractivity contribution in [3.8, 4) is 0 Å². The normalized spacial score (nSPS) is 36.1. The first-order valence-corrected chi connectivity index (χ1v) is 10.8. The van der Waals surface area contributed by atoms with Crippen LogP contribution in [0.15, 0.2) is 35.5 Å². The molecule has 1 spiro atoms. The number of nitrogens with zero attached hydrogens (tertiary/aromatic N) is 2. The van der Waals surface area contributed by atoms with E-state index in [-0.39, 0.29) is 29.8 Å². The van der Waals surface area contributed by atoms with Crippen molar-refractivity contribution in [2.24, 2.45) is 5.41 Å². The standard InChI is InChI=1S/C18H24N2O3S.ClH/c21-24(22)11-5-10-20(24)16-12-18-8-3-1-6-14(18)13-19-9-4-2-7-15(19)17(18)23-16;/h4,9,13,16H,1-3,5-8,10-12H2;1H. The minimum absolute atomic E-state index is 0. The summed E-state index contributed by atoms with van der Waals surface area (Å²) in [7, 11) is -3.15. The predicted octanol–water partition coefficient (Wildman–Crippen LogP) is 3.47. The number of allylic oxidation sites excluding steroid dienone is 3. The Kier molecular flexibility index (Phi) is 4.21. The molecule has 2 atom stereocenters. The maximum Gasteiger partial charge on any atom is 0.217 e. The fourth-order valence-electron chi connectivity index (χ4n) is 5.14. The first kappa shape index (κ1) is 17.4. The van der Waals surface area contributed by atoms with Crippen LogP contribution in [0, 0.1) is 5.41 Å². The van der Waals surface area contributed by atoms with Crippen LogP contribution in [0.3, 0.4) is 0 Å². The van der Waals surface area contributed by atoms with Gasteiger partial charge >= 0.3 is 0 Å². The second-order valence-electron chi connectivity index (χ2n) is 7.61. The molecule has 0 aromatic rings. The smallest absolute Gasteiger partial charge is 0.217 e.